The minimum absolute atomic E-state index is 0.138. The van der Waals surface area contributed by atoms with Crippen LogP contribution in [0, 0.1) is 18.3 Å². The van der Waals surface area contributed by atoms with Crippen molar-refractivity contribution in [2.75, 3.05) is 12.4 Å². The van der Waals surface area contributed by atoms with Gasteiger partial charge in [-0.1, -0.05) is 39.8 Å². The quantitative estimate of drug-likeness (QED) is 0.560. The number of halogens is 1. The van der Waals surface area contributed by atoms with Crippen LogP contribution in [0.4, 0.5) is 0 Å². The third-order valence-electron chi connectivity index (χ3n) is 3.07. The predicted molar refractivity (Wildman–Crippen MR) is 94.2 cm³/mol. The molecule has 6 heteroatoms. The Labute approximate surface area is 148 Å². The van der Waals surface area contributed by atoms with Crippen LogP contribution in [0.25, 0.3) is 11.3 Å². The molecule has 4 nitrogen and oxygen atoms in total. The average Bonchev–Trinajstić information content (AvgIpc) is 2.53. The Bertz CT molecular complexity index is 754. The molecular weight excluding hydrogens is 376 g/mol. The average molecular weight is 391 g/mol. The second-order valence-corrected chi connectivity index (χ2v) is 6.60. The predicted octanol–water partition coefficient (Wildman–Crippen LogP) is 4.35. The van der Waals surface area contributed by atoms with Crippen molar-refractivity contribution in [1.82, 2.24) is 4.98 Å². The van der Waals surface area contributed by atoms with Crippen LogP contribution in [-0.2, 0) is 9.53 Å². The largest absolute Gasteiger partial charge is 0.465 e. The number of hydrogen-bond donors (Lipinski definition) is 0. The fraction of sp³-hybridized carbons (Fsp3) is 0.235. The van der Waals surface area contributed by atoms with Crippen molar-refractivity contribution in [2.24, 2.45) is 0 Å². The van der Waals surface area contributed by atoms with Crippen molar-refractivity contribution in [3.05, 3.63) is 45.9 Å². The highest BCUT2D eigenvalue weighted by molar-refractivity contribution is 9.10. The van der Waals surface area contributed by atoms with E-state index in [-0.39, 0.29) is 11.7 Å². The Kier molecular flexibility index (Phi) is 6.20. The summed E-state index contributed by atoms with van der Waals surface area (Å²) < 4.78 is 5.91. The Morgan fingerprint density at radius 2 is 2.09 bits per heavy atom. The van der Waals surface area contributed by atoms with Crippen LogP contribution in [0.1, 0.15) is 18.1 Å². The third kappa shape index (κ3) is 4.57. The lowest BCUT2D eigenvalue weighted by atomic mass is 10.1. The van der Waals surface area contributed by atoms with Gasteiger partial charge in [0.2, 0.25) is 0 Å². The van der Waals surface area contributed by atoms with Gasteiger partial charge in [-0.2, -0.15) is 5.26 Å². The number of esters is 1. The van der Waals surface area contributed by atoms with Crippen LogP contribution in [0.3, 0.4) is 0 Å². The summed E-state index contributed by atoms with van der Waals surface area (Å²) in [6.45, 7) is 3.98. The topological polar surface area (TPSA) is 63.0 Å². The van der Waals surface area contributed by atoms with E-state index in [4.69, 9.17) is 4.74 Å². The minimum atomic E-state index is -0.310. The number of rotatable bonds is 5. The van der Waals surface area contributed by atoms with Gasteiger partial charge in [-0.15, -0.1) is 0 Å². The zero-order valence-corrected chi connectivity index (χ0v) is 15.2. The molecule has 0 fully saturated rings. The molecule has 0 saturated heterocycles. The lowest BCUT2D eigenvalue weighted by Crippen LogP contribution is -2.07. The van der Waals surface area contributed by atoms with Gasteiger partial charge in [-0.3, -0.25) is 4.79 Å². The molecule has 0 bridgehead atoms. The molecule has 0 saturated carbocycles. The summed E-state index contributed by atoms with van der Waals surface area (Å²) in [5.41, 5.74) is 3.08. The van der Waals surface area contributed by atoms with E-state index in [9.17, 15) is 10.1 Å². The number of nitrogens with zero attached hydrogens (tertiary/aromatic N) is 2. The molecule has 0 aliphatic rings. The second kappa shape index (κ2) is 8.14. The molecule has 0 radical (unpaired) electrons. The molecule has 0 N–H and O–H groups in total. The molecule has 0 aliphatic carbocycles. The van der Waals surface area contributed by atoms with Gasteiger partial charge in [-0.05, 0) is 37.6 Å². The summed E-state index contributed by atoms with van der Waals surface area (Å²) in [4.78, 5) is 16.1. The summed E-state index contributed by atoms with van der Waals surface area (Å²) in [6.07, 6.45) is 0. The molecule has 0 spiro atoms. The zero-order chi connectivity index (χ0) is 16.8. The number of aryl methyl sites for hydroxylation is 1. The molecule has 0 aliphatic heterocycles. The highest BCUT2D eigenvalue weighted by atomic mass is 79.9. The van der Waals surface area contributed by atoms with Crippen molar-refractivity contribution in [3.8, 4) is 17.3 Å². The number of nitriles is 1. The van der Waals surface area contributed by atoms with E-state index in [0.29, 0.717) is 17.2 Å². The van der Waals surface area contributed by atoms with Crippen LogP contribution in [0.2, 0.25) is 0 Å². The van der Waals surface area contributed by atoms with E-state index >= 15 is 0 Å². The third-order valence-corrected chi connectivity index (χ3v) is 4.54. The highest BCUT2D eigenvalue weighted by Crippen LogP contribution is 2.28. The van der Waals surface area contributed by atoms with Crippen LogP contribution in [0.15, 0.2) is 39.8 Å². The minimum Gasteiger partial charge on any atom is -0.465 e. The summed E-state index contributed by atoms with van der Waals surface area (Å²) in [5, 5.41) is 9.89. The second-order valence-electron chi connectivity index (χ2n) is 4.72. The maximum atomic E-state index is 11.5. The lowest BCUT2D eigenvalue weighted by molar-refractivity contribution is -0.139. The number of carbonyl (C=O) groups excluding carboxylic acids is 1. The first-order valence-electron chi connectivity index (χ1n) is 7.01. The van der Waals surface area contributed by atoms with Crippen molar-refractivity contribution < 1.29 is 9.53 Å². The molecule has 0 atom stereocenters. The van der Waals surface area contributed by atoms with Crippen LogP contribution in [-0.4, -0.2) is 23.3 Å². The number of benzene rings is 1. The van der Waals surface area contributed by atoms with E-state index in [1.165, 1.54) is 11.8 Å². The van der Waals surface area contributed by atoms with Crippen molar-refractivity contribution in [1.29, 1.82) is 5.26 Å². The summed E-state index contributed by atoms with van der Waals surface area (Å²) >= 11 is 4.63. The van der Waals surface area contributed by atoms with Crippen LogP contribution in [0.5, 0.6) is 0 Å². The van der Waals surface area contributed by atoms with Gasteiger partial charge in [0, 0.05) is 10.0 Å². The van der Waals surface area contributed by atoms with Gasteiger partial charge in [0.25, 0.3) is 0 Å². The lowest BCUT2D eigenvalue weighted by Gasteiger charge is -2.09. The molecule has 2 rings (SSSR count). The van der Waals surface area contributed by atoms with Crippen molar-refractivity contribution in [2.45, 2.75) is 18.9 Å². The van der Waals surface area contributed by atoms with Crippen molar-refractivity contribution in [3.63, 3.8) is 0 Å². The van der Waals surface area contributed by atoms with Gasteiger partial charge in [0.1, 0.15) is 11.1 Å². The molecule has 2 aromatic rings. The Morgan fingerprint density at radius 3 is 2.70 bits per heavy atom. The number of hydrogen-bond acceptors (Lipinski definition) is 5. The van der Waals surface area contributed by atoms with Gasteiger partial charge in [0.05, 0.1) is 23.6 Å². The number of aromatic nitrogens is 1. The van der Waals surface area contributed by atoms with Crippen LogP contribution >= 0.6 is 27.7 Å². The fourth-order valence-electron chi connectivity index (χ4n) is 1.98. The fourth-order valence-corrected chi connectivity index (χ4v) is 3.10. The molecule has 0 amide bonds. The summed E-state index contributed by atoms with van der Waals surface area (Å²) in [6, 6.07) is 11.8. The number of pyridine rings is 1. The van der Waals surface area contributed by atoms with Gasteiger partial charge in [-0.25, -0.2) is 4.98 Å². The standard InChI is InChI=1S/C17H15BrN2O2S/c1-3-22-16(21)10-23-17-14(9-19)11(2)8-15(20-17)12-4-6-13(18)7-5-12/h4-8H,3,10H2,1-2H3. The van der Waals surface area contributed by atoms with E-state index in [0.717, 1.165) is 21.3 Å². The first-order valence-corrected chi connectivity index (χ1v) is 8.79. The molecule has 0 unspecified atom stereocenters. The first kappa shape index (κ1) is 17.5. The number of ether oxygens (including phenoxy) is 1. The van der Waals surface area contributed by atoms with Crippen molar-refractivity contribution >= 4 is 33.7 Å². The molecule has 1 aromatic heterocycles. The molecule has 1 heterocycles. The molecular formula is C17H15BrN2O2S. The normalized spacial score (nSPS) is 10.2. The maximum absolute atomic E-state index is 11.5. The highest BCUT2D eigenvalue weighted by Gasteiger charge is 2.14. The monoisotopic (exact) mass is 390 g/mol. The van der Waals surface area contributed by atoms with Crippen LogP contribution < -0.4 is 0 Å². The Hall–Kier alpha value is -1.84. The van der Waals surface area contributed by atoms with E-state index in [1.807, 2.05) is 37.3 Å². The van der Waals surface area contributed by atoms with E-state index < -0.39 is 0 Å². The summed E-state index contributed by atoms with van der Waals surface area (Å²) in [5.74, 6) is -0.173. The molecule has 118 valence electrons. The zero-order valence-electron chi connectivity index (χ0n) is 12.8. The SMILES string of the molecule is CCOC(=O)CSc1nc(-c2ccc(Br)cc2)cc(C)c1C#N. The summed E-state index contributed by atoms with van der Waals surface area (Å²) in [7, 11) is 0. The van der Waals surface area contributed by atoms with E-state index in [1.54, 1.807) is 6.92 Å². The molecule has 23 heavy (non-hydrogen) atoms. The Morgan fingerprint density at radius 1 is 1.39 bits per heavy atom. The smallest absolute Gasteiger partial charge is 0.316 e. The van der Waals surface area contributed by atoms with Gasteiger partial charge < -0.3 is 4.74 Å². The number of thioether (sulfide) groups is 1. The van der Waals surface area contributed by atoms with Gasteiger partial charge >= 0.3 is 5.97 Å². The maximum Gasteiger partial charge on any atom is 0.316 e. The van der Waals surface area contributed by atoms with Gasteiger partial charge in [0.15, 0.2) is 0 Å². The molecule has 1 aromatic carbocycles. The number of carbonyl (C=O) groups is 1. The first-order chi connectivity index (χ1) is 11.0. The van der Waals surface area contributed by atoms with E-state index in [2.05, 4.69) is 27.0 Å². The Balaban J connectivity index is 2.34.